The van der Waals surface area contributed by atoms with E-state index in [2.05, 4.69) is 40.1 Å². The van der Waals surface area contributed by atoms with E-state index in [1.165, 1.54) is 11.8 Å². The van der Waals surface area contributed by atoms with Crippen LogP contribution in [0.4, 0.5) is 5.82 Å². The molecule has 1 aliphatic carbocycles. The van der Waals surface area contributed by atoms with Gasteiger partial charge in [-0.05, 0) is 47.2 Å². The Kier molecular flexibility index (Phi) is 6.21. The van der Waals surface area contributed by atoms with Crippen molar-refractivity contribution < 1.29 is 4.79 Å². The number of benzene rings is 2. The quantitative estimate of drug-likeness (QED) is 0.277. The van der Waals surface area contributed by atoms with Crippen molar-refractivity contribution in [3.8, 4) is 0 Å². The fourth-order valence-electron chi connectivity index (χ4n) is 4.73. The number of ketones is 1. The summed E-state index contributed by atoms with van der Waals surface area (Å²) in [5.41, 5.74) is 3.59. The van der Waals surface area contributed by atoms with Crippen LogP contribution in [0.3, 0.4) is 0 Å². The Bertz CT molecular complexity index is 1380. The van der Waals surface area contributed by atoms with Gasteiger partial charge in [0.15, 0.2) is 10.9 Å². The van der Waals surface area contributed by atoms with Gasteiger partial charge in [0.25, 0.3) is 5.56 Å². The number of hydrogen-bond donors (Lipinski definition) is 2. The number of nitrogens with one attached hydrogen (secondary N) is 2. The molecule has 2 aliphatic rings. The fraction of sp³-hybridized carbons (Fsp3) is 0.269. The molecule has 0 radical (unpaired) electrons. The summed E-state index contributed by atoms with van der Waals surface area (Å²) in [7, 11) is 0. The van der Waals surface area contributed by atoms with E-state index in [0.717, 1.165) is 27.7 Å². The number of fused-ring (bicyclic) bond motifs is 1. The molecule has 0 saturated carbocycles. The van der Waals surface area contributed by atoms with Crippen molar-refractivity contribution in [2.75, 3.05) is 5.32 Å². The molecular weight excluding hydrogens is 534 g/mol. The second-order valence-electron chi connectivity index (χ2n) is 9.49. The van der Waals surface area contributed by atoms with Crippen molar-refractivity contribution in [1.82, 2.24) is 9.97 Å². The van der Waals surface area contributed by atoms with Crippen LogP contribution in [0.1, 0.15) is 49.3 Å². The molecule has 2 aromatic carbocycles. The first-order valence-electron chi connectivity index (χ1n) is 11.0. The van der Waals surface area contributed by atoms with Crippen molar-refractivity contribution in [2.24, 2.45) is 5.41 Å². The fourth-order valence-corrected chi connectivity index (χ4v) is 6.01. The highest BCUT2D eigenvalue weighted by Crippen LogP contribution is 2.47. The Labute approximate surface area is 215 Å². The largest absolute Gasteiger partial charge is 0.343 e. The smallest absolute Gasteiger partial charge is 0.257 e. The number of Topliss-reactive ketones (excluding diaryl/α,β-unsaturated/α-hetero) is 1. The van der Waals surface area contributed by atoms with Crippen LogP contribution in [-0.2, 0) is 10.5 Å². The third-order valence-corrected chi connectivity index (χ3v) is 7.88. The maximum absolute atomic E-state index is 13.4. The molecule has 1 aliphatic heterocycles. The number of rotatable bonds is 4. The minimum Gasteiger partial charge on any atom is -0.343 e. The third kappa shape index (κ3) is 4.61. The number of carbonyl (C=O) groups is 1. The maximum atomic E-state index is 13.4. The lowest BCUT2D eigenvalue weighted by molar-refractivity contribution is -0.118. The molecule has 1 aromatic heterocycles. The van der Waals surface area contributed by atoms with Crippen LogP contribution in [0.2, 0.25) is 5.02 Å². The zero-order valence-corrected chi connectivity index (χ0v) is 21.9. The SMILES string of the molecule is CC1(C)CC(=O)C2=C(C1)Nc1nc(SCc3cccc(Cl)c3)[nH]c(=O)c1[C@@H]2c1ccc(Br)cc1. The lowest BCUT2D eigenvalue weighted by Gasteiger charge is -2.38. The Morgan fingerprint density at radius 2 is 1.91 bits per heavy atom. The predicted octanol–water partition coefficient (Wildman–Crippen LogP) is 6.68. The summed E-state index contributed by atoms with van der Waals surface area (Å²) in [5.74, 6) is 0.773. The second kappa shape index (κ2) is 9.02. The molecule has 0 unspecified atom stereocenters. The van der Waals surface area contributed by atoms with Gasteiger partial charge in [0.1, 0.15) is 5.82 Å². The van der Waals surface area contributed by atoms with Gasteiger partial charge in [-0.1, -0.05) is 77.4 Å². The van der Waals surface area contributed by atoms with E-state index < -0.39 is 5.92 Å². The molecule has 2 N–H and O–H groups in total. The van der Waals surface area contributed by atoms with E-state index >= 15 is 0 Å². The number of thioether (sulfide) groups is 1. The first kappa shape index (κ1) is 23.4. The minimum atomic E-state index is -0.453. The second-order valence-corrected chi connectivity index (χ2v) is 11.8. The number of hydrogen-bond acceptors (Lipinski definition) is 5. The number of aromatic nitrogens is 2. The molecule has 0 spiro atoms. The molecule has 2 heterocycles. The Hall–Kier alpha value is -2.35. The number of nitrogens with zero attached hydrogens (tertiary/aromatic N) is 1. The molecule has 0 saturated heterocycles. The third-order valence-electron chi connectivity index (χ3n) is 6.17. The summed E-state index contributed by atoms with van der Waals surface area (Å²) >= 11 is 11.0. The number of halogens is 2. The normalized spacial score (nSPS) is 18.8. The van der Waals surface area contributed by atoms with E-state index in [-0.39, 0.29) is 16.8 Å². The lowest BCUT2D eigenvalue weighted by atomic mass is 9.69. The van der Waals surface area contributed by atoms with Crippen molar-refractivity contribution in [3.63, 3.8) is 0 Å². The van der Waals surface area contributed by atoms with Crippen LogP contribution in [0.5, 0.6) is 0 Å². The summed E-state index contributed by atoms with van der Waals surface area (Å²) < 4.78 is 0.940. The van der Waals surface area contributed by atoms with Gasteiger partial charge in [-0.3, -0.25) is 9.59 Å². The lowest BCUT2D eigenvalue weighted by Crippen LogP contribution is -2.37. The van der Waals surface area contributed by atoms with Crippen LogP contribution in [0, 0.1) is 5.41 Å². The van der Waals surface area contributed by atoms with Gasteiger partial charge in [0.2, 0.25) is 0 Å². The average Bonchev–Trinajstić information content (AvgIpc) is 2.76. The van der Waals surface area contributed by atoms with Crippen LogP contribution in [-0.4, -0.2) is 15.8 Å². The molecule has 8 heteroatoms. The van der Waals surface area contributed by atoms with E-state index in [4.69, 9.17) is 16.6 Å². The number of allylic oxidation sites excluding steroid dienone is 2. The molecule has 0 amide bonds. The first-order valence-corrected chi connectivity index (χ1v) is 13.2. The Morgan fingerprint density at radius 1 is 1.15 bits per heavy atom. The van der Waals surface area contributed by atoms with Crippen LogP contribution < -0.4 is 10.9 Å². The molecule has 3 aromatic rings. The summed E-state index contributed by atoms with van der Waals surface area (Å²) in [5, 5.41) is 4.57. The van der Waals surface area contributed by atoms with Crippen LogP contribution in [0.25, 0.3) is 0 Å². The monoisotopic (exact) mass is 555 g/mol. The molecule has 1 atom stereocenters. The van der Waals surface area contributed by atoms with E-state index in [1.807, 2.05) is 48.5 Å². The van der Waals surface area contributed by atoms with Gasteiger partial charge in [0.05, 0.1) is 5.56 Å². The van der Waals surface area contributed by atoms with Crippen molar-refractivity contribution >= 4 is 50.9 Å². The first-order chi connectivity index (χ1) is 16.2. The van der Waals surface area contributed by atoms with Crippen molar-refractivity contribution in [1.29, 1.82) is 0 Å². The number of H-pyrrole nitrogens is 1. The Morgan fingerprint density at radius 3 is 2.65 bits per heavy atom. The highest BCUT2D eigenvalue weighted by Gasteiger charge is 2.42. The van der Waals surface area contributed by atoms with E-state index in [1.54, 1.807) is 0 Å². The molecular formula is C26H23BrClN3O2S. The predicted molar refractivity (Wildman–Crippen MR) is 141 cm³/mol. The van der Waals surface area contributed by atoms with E-state index in [0.29, 0.717) is 39.3 Å². The van der Waals surface area contributed by atoms with Gasteiger partial charge in [-0.15, -0.1) is 0 Å². The number of carbonyl (C=O) groups excluding carboxylic acids is 1. The summed E-state index contributed by atoms with van der Waals surface area (Å²) in [6, 6.07) is 15.4. The molecule has 5 nitrogen and oxygen atoms in total. The molecule has 174 valence electrons. The van der Waals surface area contributed by atoms with Gasteiger partial charge in [-0.2, -0.15) is 0 Å². The minimum absolute atomic E-state index is 0.0797. The van der Waals surface area contributed by atoms with Crippen LogP contribution >= 0.6 is 39.3 Å². The molecule has 5 rings (SSSR count). The summed E-state index contributed by atoms with van der Waals surface area (Å²) in [6.45, 7) is 4.19. The van der Waals surface area contributed by atoms with E-state index in [9.17, 15) is 9.59 Å². The number of anilines is 1. The zero-order valence-electron chi connectivity index (χ0n) is 18.7. The van der Waals surface area contributed by atoms with Gasteiger partial charge >= 0.3 is 0 Å². The van der Waals surface area contributed by atoms with Crippen molar-refractivity contribution in [3.05, 3.63) is 96.3 Å². The summed E-state index contributed by atoms with van der Waals surface area (Å²) in [6.07, 6.45) is 1.18. The molecule has 0 fully saturated rings. The molecule has 0 bridgehead atoms. The van der Waals surface area contributed by atoms with Gasteiger partial charge in [-0.25, -0.2) is 4.98 Å². The standard InChI is InChI=1S/C26H23BrClN3O2S/c1-26(2)11-18-21(19(32)12-26)20(15-6-8-16(27)9-7-15)22-23(29-18)30-25(31-24(22)33)34-13-14-4-3-5-17(28)10-14/h3-10,20H,11-13H2,1-2H3,(H2,29,30,31,33)/t20-/m1/s1. The zero-order chi connectivity index (χ0) is 24.0. The maximum Gasteiger partial charge on any atom is 0.257 e. The average molecular weight is 557 g/mol. The summed E-state index contributed by atoms with van der Waals surface area (Å²) in [4.78, 5) is 34.4. The van der Waals surface area contributed by atoms with Crippen molar-refractivity contribution in [2.45, 2.75) is 43.5 Å². The molecule has 34 heavy (non-hydrogen) atoms. The highest BCUT2D eigenvalue weighted by atomic mass is 79.9. The van der Waals surface area contributed by atoms with Gasteiger partial charge < -0.3 is 10.3 Å². The number of aromatic amines is 1. The van der Waals surface area contributed by atoms with Crippen LogP contribution in [0.15, 0.2) is 74.2 Å². The topological polar surface area (TPSA) is 74.8 Å². The van der Waals surface area contributed by atoms with Gasteiger partial charge in [0, 0.05) is 38.9 Å². The highest BCUT2D eigenvalue weighted by molar-refractivity contribution is 9.10. The Balaban J connectivity index is 1.58.